The maximum absolute atomic E-state index is 12.2. The molecule has 2 atom stereocenters. The van der Waals surface area contributed by atoms with Crippen LogP contribution in [0.4, 0.5) is 16.2 Å². The largest absolute Gasteiger partial charge is 0.465 e. The number of carbonyl (C=O) groups excluding carboxylic acids is 2. The van der Waals surface area contributed by atoms with Crippen molar-refractivity contribution in [1.29, 1.82) is 5.26 Å². The molecular formula is C14H14N4O4. The van der Waals surface area contributed by atoms with Gasteiger partial charge in [0.25, 0.3) is 0 Å². The Hall–Kier alpha value is -3.08. The van der Waals surface area contributed by atoms with Crippen LogP contribution in [0.25, 0.3) is 0 Å². The summed E-state index contributed by atoms with van der Waals surface area (Å²) < 4.78 is 0. The molecule has 0 radical (unpaired) electrons. The lowest BCUT2D eigenvalue weighted by Crippen LogP contribution is -2.55. The fraction of sp³-hybridized carbons (Fsp3) is 0.286. The number of benzene rings is 1. The summed E-state index contributed by atoms with van der Waals surface area (Å²) >= 11 is 0. The number of anilines is 2. The van der Waals surface area contributed by atoms with Gasteiger partial charge in [-0.1, -0.05) is 0 Å². The molecule has 1 aliphatic rings. The molecule has 0 bridgehead atoms. The summed E-state index contributed by atoms with van der Waals surface area (Å²) in [6.45, 7) is 2.88. The molecule has 0 fully saturated rings. The third-order valence-corrected chi connectivity index (χ3v) is 3.43. The lowest BCUT2D eigenvalue weighted by Gasteiger charge is -2.30. The zero-order chi connectivity index (χ0) is 16.4. The molecule has 1 heterocycles. The van der Waals surface area contributed by atoms with Gasteiger partial charge in [0.05, 0.1) is 29.0 Å². The van der Waals surface area contributed by atoms with Crippen molar-refractivity contribution in [3.8, 4) is 6.07 Å². The van der Waals surface area contributed by atoms with Crippen LogP contribution in [0.15, 0.2) is 18.2 Å². The van der Waals surface area contributed by atoms with Crippen molar-refractivity contribution >= 4 is 29.3 Å². The highest BCUT2D eigenvalue weighted by Gasteiger charge is 2.37. The molecule has 0 aromatic heterocycles. The Bertz CT molecular complexity index is 695. The summed E-state index contributed by atoms with van der Waals surface area (Å²) in [6, 6.07) is 4.60. The summed E-state index contributed by atoms with van der Waals surface area (Å²) in [7, 11) is 0. The van der Waals surface area contributed by atoms with Crippen molar-refractivity contribution < 1.29 is 19.5 Å². The number of amides is 3. The van der Waals surface area contributed by atoms with Gasteiger partial charge in [-0.2, -0.15) is 5.26 Å². The Kier molecular flexibility index (Phi) is 3.99. The molecule has 3 N–H and O–H groups in total. The first kappa shape index (κ1) is 15.3. The van der Waals surface area contributed by atoms with Gasteiger partial charge in [-0.05, 0) is 25.1 Å². The number of rotatable bonds is 1. The number of nitrogens with zero attached hydrogens (tertiary/aromatic N) is 2. The van der Waals surface area contributed by atoms with Crippen LogP contribution in [0, 0.1) is 11.3 Å². The van der Waals surface area contributed by atoms with Gasteiger partial charge in [-0.25, -0.2) is 4.79 Å². The lowest BCUT2D eigenvalue weighted by molar-refractivity contribution is -0.119. The normalized spacial score (nSPS) is 20.2. The average molecular weight is 302 g/mol. The molecule has 8 heteroatoms. The van der Waals surface area contributed by atoms with Gasteiger partial charge < -0.3 is 20.6 Å². The van der Waals surface area contributed by atoms with Crippen molar-refractivity contribution in [2.24, 2.45) is 0 Å². The van der Waals surface area contributed by atoms with E-state index in [0.29, 0.717) is 16.9 Å². The Balaban J connectivity index is 2.57. The van der Waals surface area contributed by atoms with E-state index in [1.165, 1.54) is 30.0 Å². The van der Waals surface area contributed by atoms with Gasteiger partial charge in [0.15, 0.2) is 0 Å². The molecule has 0 aliphatic carbocycles. The molecule has 1 aromatic rings. The zero-order valence-electron chi connectivity index (χ0n) is 12.0. The monoisotopic (exact) mass is 302 g/mol. The average Bonchev–Trinajstić information content (AvgIpc) is 2.54. The van der Waals surface area contributed by atoms with E-state index in [0.717, 1.165) is 0 Å². The fourth-order valence-electron chi connectivity index (χ4n) is 2.48. The van der Waals surface area contributed by atoms with Crippen molar-refractivity contribution in [1.82, 2.24) is 5.32 Å². The van der Waals surface area contributed by atoms with Crippen LogP contribution >= 0.6 is 0 Å². The Labute approximate surface area is 126 Å². The van der Waals surface area contributed by atoms with Crippen LogP contribution in [0.2, 0.25) is 0 Å². The van der Waals surface area contributed by atoms with Gasteiger partial charge in [0, 0.05) is 6.92 Å². The van der Waals surface area contributed by atoms with E-state index in [9.17, 15) is 14.4 Å². The summed E-state index contributed by atoms with van der Waals surface area (Å²) in [6.07, 6.45) is -1.36. The van der Waals surface area contributed by atoms with E-state index in [-0.39, 0.29) is 5.91 Å². The van der Waals surface area contributed by atoms with Gasteiger partial charge in [-0.3, -0.25) is 9.59 Å². The maximum Gasteiger partial charge on any atom is 0.405 e. The fourth-order valence-corrected chi connectivity index (χ4v) is 2.48. The number of hydrogen-bond donors (Lipinski definition) is 3. The lowest BCUT2D eigenvalue weighted by atomic mass is 10.1. The molecule has 8 nitrogen and oxygen atoms in total. The first-order valence-corrected chi connectivity index (χ1v) is 6.49. The Morgan fingerprint density at radius 3 is 2.68 bits per heavy atom. The standard InChI is InChI=1S/C14H14N4O4/c1-7-12(17-14(21)22)13(20)16-10-4-3-9(6-15)5-11(10)18(7)8(2)19/h3-5,7,12,17H,1-2H3,(H,16,20)(H,21,22)/t7-,12-/m0/s1. The molecular weight excluding hydrogens is 288 g/mol. The second-order valence-electron chi connectivity index (χ2n) is 4.89. The summed E-state index contributed by atoms with van der Waals surface area (Å²) in [5, 5.41) is 22.6. The van der Waals surface area contributed by atoms with Gasteiger partial charge in [0.2, 0.25) is 11.8 Å². The highest BCUT2D eigenvalue weighted by molar-refractivity contribution is 6.06. The van der Waals surface area contributed by atoms with E-state index < -0.39 is 24.1 Å². The summed E-state index contributed by atoms with van der Waals surface area (Å²) in [5.74, 6) is -0.929. The molecule has 1 aromatic carbocycles. The minimum atomic E-state index is -1.36. The molecule has 1 aliphatic heterocycles. The number of hydrogen-bond acceptors (Lipinski definition) is 4. The number of fused-ring (bicyclic) bond motifs is 1. The van der Waals surface area contributed by atoms with Crippen LogP contribution < -0.4 is 15.5 Å². The number of carboxylic acid groups (broad SMARTS) is 1. The molecule has 0 saturated carbocycles. The van der Waals surface area contributed by atoms with Crippen LogP contribution in [0.1, 0.15) is 19.4 Å². The number of carbonyl (C=O) groups is 3. The molecule has 0 unspecified atom stereocenters. The van der Waals surface area contributed by atoms with E-state index in [1.54, 1.807) is 6.92 Å². The van der Waals surface area contributed by atoms with Crippen molar-refractivity contribution in [3.63, 3.8) is 0 Å². The minimum absolute atomic E-state index is 0.330. The second-order valence-corrected chi connectivity index (χ2v) is 4.89. The number of nitrogens with one attached hydrogen (secondary N) is 2. The molecule has 22 heavy (non-hydrogen) atoms. The zero-order valence-corrected chi connectivity index (χ0v) is 12.0. The van der Waals surface area contributed by atoms with Gasteiger partial charge >= 0.3 is 6.09 Å². The van der Waals surface area contributed by atoms with Crippen LogP contribution in [-0.2, 0) is 9.59 Å². The third-order valence-electron chi connectivity index (χ3n) is 3.43. The second kappa shape index (κ2) is 5.73. The molecule has 0 saturated heterocycles. The van der Waals surface area contributed by atoms with Crippen molar-refractivity contribution in [2.45, 2.75) is 25.9 Å². The van der Waals surface area contributed by atoms with E-state index >= 15 is 0 Å². The highest BCUT2D eigenvalue weighted by atomic mass is 16.4. The number of nitriles is 1. The van der Waals surface area contributed by atoms with Crippen LogP contribution in [-0.4, -0.2) is 35.1 Å². The van der Waals surface area contributed by atoms with E-state index in [1.807, 2.05) is 6.07 Å². The summed E-state index contributed by atoms with van der Waals surface area (Å²) in [5.41, 5.74) is 1.04. The SMILES string of the molecule is CC(=O)N1c2cc(C#N)ccc2NC(=O)[C@@H](NC(=O)O)[C@@H]1C. The Morgan fingerprint density at radius 1 is 1.45 bits per heavy atom. The first-order chi connectivity index (χ1) is 10.3. The van der Waals surface area contributed by atoms with E-state index in [4.69, 9.17) is 10.4 Å². The predicted molar refractivity (Wildman–Crippen MR) is 77.4 cm³/mol. The minimum Gasteiger partial charge on any atom is -0.465 e. The van der Waals surface area contributed by atoms with E-state index in [2.05, 4.69) is 10.6 Å². The molecule has 2 rings (SSSR count). The van der Waals surface area contributed by atoms with Gasteiger partial charge in [-0.15, -0.1) is 0 Å². The van der Waals surface area contributed by atoms with Crippen molar-refractivity contribution in [2.75, 3.05) is 10.2 Å². The smallest absolute Gasteiger partial charge is 0.405 e. The summed E-state index contributed by atoms with van der Waals surface area (Å²) in [4.78, 5) is 36.4. The van der Waals surface area contributed by atoms with Crippen LogP contribution in [0.5, 0.6) is 0 Å². The molecule has 114 valence electrons. The van der Waals surface area contributed by atoms with Crippen molar-refractivity contribution in [3.05, 3.63) is 23.8 Å². The van der Waals surface area contributed by atoms with Gasteiger partial charge in [0.1, 0.15) is 6.04 Å². The Morgan fingerprint density at radius 2 is 2.14 bits per heavy atom. The predicted octanol–water partition coefficient (Wildman–Crippen LogP) is 0.888. The first-order valence-electron chi connectivity index (χ1n) is 6.49. The third kappa shape index (κ3) is 2.69. The highest BCUT2D eigenvalue weighted by Crippen LogP contribution is 2.32. The molecule has 0 spiro atoms. The molecule has 3 amide bonds. The van der Waals surface area contributed by atoms with Crippen LogP contribution in [0.3, 0.4) is 0 Å². The quantitative estimate of drug-likeness (QED) is 0.711. The topological polar surface area (TPSA) is 123 Å². The maximum atomic E-state index is 12.2.